The molecule has 2 rings (SSSR count). The van der Waals surface area contributed by atoms with Crippen LogP contribution in [0.1, 0.15) is 23.2 Å². The molecule has 4 nitrogen and oxygen atoms in total. The molecule has 0 unspecified atom stereocenters. The van der Waals surface area contributed by atoms with E-state index >= 15 is 0 Å². The Hall–Kier alpha value is -1.55. The smallest absolute Gasteiger partial charge is 0.153 e. The molecule has 1 saturated heterocycles. The molecule has 1 aliphatic rings. The predicted molar refractivity (Wildman–Crippen MR) is 72.4 cm³/mol. The monoisotopic (exact) mass is 248 g/mol. The number of anilines is 1. The number of carbonyl (C=O) groups is 1. The fraction of sp³-hybridized carbons (Fsp3) is 0.500. The van der Waals surface area contributed by atoms with Crippen LogP contribution in [0, 0.1) is 0 Å². The predicted octanol–water partition coefficient (Wildman–Crippen LogP) is 1.74. The van der Waals surface area contributed by atoms with Crippen LogP contribution in [0.4, 0.5) is 5.69 Å². The molecule has 0 radical (unpaired) electrons. The topological polar surface area (TPSA) is 43.8 Å². The molecular formula is C14H20N2O2. The summed E-state index contributed by atoms with van der Waals surface area (Å²) in [6.45, 7) is 1.98. The number of benzene rings is 1. The Morgan fingerprint density at radius 1 is 1.33 bits per heavy atom. The standard InChI is InChI=1S/C14H20N2O2/c1-15(2)12-5-7-16(8-6-12)13-3-4-14(18)11(9-13)10-17/h3-4,9-10,12,18H,5-8H2,1-2H3. The second-order valence-corrected chi connectivity index (χ2v) is 5.04. The van der Waals surface area contributed by atoms with Gasteiger partial charge in [0.25, 0.3) is 0 Å². The summed E-state index contributed by atoms with van der Waals surface area (Å²) in [6, 6.07) is 5.87. The first-order valence-electron chi connectivity index (χ1n) is 6.31. The van der Waals surface area contributed by atoms with Crippen molar-refractivity contribution < 1.29 is 9.90 Å². The maximum Gasteiger partial charge on any atom is 0.153 e. The van der Waals surface area contributed by atoms with Crippen LogP contribution >= 0.6 is 0 Å². The van der Waals surface area contributed by atoms with Gasteiger partial charge in [-0.15, -0.1) is 0 Å². The lowest BCUT2D eigenvalue weighted by Crippen LogP contribution is -2.42. The van der Waals surface area contributed by atoms with E-state index in [2.05, 4.69) is 23.9 Å². The lowest BCUT2D eigenvalue weighted by molar-refractivity contribution is 0.112. The number of aromatic hydroxyl groups is 1. The molecule has 18 heavy (non-hydrogen) atoms. The van der Waals surface area contributed by atoms with Gasteiger partial charge in [0.15, 0.2) is 6.29 Å². The molecule has 0 amide bonds. The van der Waals surface area contributed by atoms with Gasteiger partial charge >= 0.3 is 0 Å². The third kappa shape index (κ3) is 2.64. The minimum Gasteiger partial charge on any atom is -0.507 e. The number of rotatable bonds is 3. The highest BCUT2D eigenvalue weighted by Crippen LogP contribution is 2.26. The molecule has 98 valence electrons. The summed E-state index contributed by atoms with van der Waals surface area (Å²) in [6.07, 6.45) is 2.96. The molecule has 1 fully saturated rings. The molecule has 0 atom stereocenters. The molecule has 1 aromatic carbocycles. The number of nitrogens with zero attached hydrogens (tertiary/aromatic N) is 2. The third-order valence-corrected chi connectivity index (χ3v) is 3.70. The molecular weight excluding hydrogens is 228 g/mol. The Morgan fingerprint density at radius 3 is 2.56 bits per heavy atom. The van der Waals surface area contributed by atoms with Crippen LogP contribution in [-0.2, 0) is 0 Å². The lowest BCUT2D eigenvalue weighted by Gasteiger charge is -2.36. The van der Waals surface area contributed by atoms with Gasteiger partial charge < -0.3 is 14.9 Å². The normalized spacial score (nSPS) is 17.2. The number of aldehydes is 1. The van der Waals surface area contributed by atoms with Crippen LogP contribution in [0.5, 0.6) is 5.75 Å². The van der Waals surface area contributed by atoms with Crippen LogP contribution in [-0.4, -0.2) is 49.5 Å². The SMILES string of the molecule is CN(C)C1CCN(c2ccc(O)c(C=O)c2)CC1. The Kier molecular flexibility index (Phi) is 3.87. The van der Waals surface area contributed by atoms with Gasteiger partial charge in [0.1, 0.15) is 5.75 Å². The molecule has 0 aliphatic carbocycles. The molecule has 1 heterocycles. The summed E-state index contributed by atoms with van der Waals surface area (Å²) in [5, 5.41) is 9.49. The summed E-state index contributed by atoms with van der Waals surface area (Å²) in [7, 11) is 4.23. The third-order valence-electron chi connectivity index (χ3n) is 3.70. The van der Waals surface area contributed by atoms with Gasteiger partial charge in [-0.25, -0.2) is 0 Å². The average Bonchev–Trinajstić information content (AvgIpc) is 2.39. The quantitative estimate of drug-likeness (QED) is 0.827. The van der Waals surface area contributed by atoms with Gasteiger partial charge in [-0.1, -0.05) is 0 Å². The Labute approximate surface area is 108 Å². The lowest BCUT2D eigenvalue weighted by atomic mass is 10.0. The van der Waals surface area contributed by atoms with Crippen molar-refractivity contribution >= 4 is 12.0 Å². The highest BCUT2D eigenvalue weighted by atomic mass is 16.3. The van der Waals surface area contributed by atoms with Gasteiger partial charge in [-0.05, 0) is 45.1 Å². The number of hydrogen-bond acceptors (Lipinski definition) is 4. The fourth-order valence-electron chi connectivity index (χ4n) is 2.47. The average molecular weight is 248 g/mol. The molecule has 1 aliphatic heterocycles. The minimum atomic E-state index is 0.0527. The van der Waals surface area contributed by atoms with Crippen LogP contribution in [0.25, 0.3) is 0 Å². The Bertz CT molecular complexity index is 424. The van der Waals surface area contributed by atoms with Crippen molar-refractivity contribution in [2.24, 2.45) is 0 Å². The molecule has 0 bridgehead atoms. The van der Waals surface area contributed by atoms with E-state index in [4.69, 9.17) is 0 Å². The molecule has 0 spiro atoms. The first-order chi connectivity index (χ1) is 8.61. The number of phenolic OH excluding ortho intramolecular Hbond substituents is 1. The minimum absolute atomic E-state index is 0.0527. The zero-order valence-electron chi connectivity index (χ0n) is 11.0. The Balaban J connectivity index is 2.07. The van der Waals surface area contributed by atoms with Crippen LogP contribution in [0.3, 0.4) is 0 Å². The van der Waals surface area contributed by atoms with Crippen LogP contribution in [0.15, 0.2) is 18.2 Å². The van der Waals surface area contributed by atoms with E-state index < -0.39 is 0 Å². The van der Waals surface area contributed by atoms with E-state index in [0.717, 1.165) is 31.6 Å². The van der Waals surface area contributed by atoms with Crippen molar-refractivity contribution in [3.05, 3.63) is 23.8 Å². The number of phenols is 1. The summed E-state index contributed by atoms with van der Waals surface area (Å²) < 4.78 is 0. The van der Waals surface area contributed by atoms with Gasteiger partial charge in [0, 0.05) is 24.8 Å². The highest BCUT2D eigenvalue weighted by Gasteiger charge is 2.21. The molecule has 1 aromatic rings. The van der Waals surface area contributed by atoms with Gasteiger partial charge in [0.2, 0.25) is 0 Å². The zero-order chi connectivity index (χ0) is 13.1. The van der Waals surface area contributed by atoms with E-state index in [-0.39, 0.29) is 5.75 Å². The number of hydrogen-bond donors (Lipinski definition) is 1. The van der Waals surface area contributed by atoms with E-state index in [0.29, 0.717) is 17.9 Å². The van der Waals surface area contributed by atoms with Crippen molar-refractivity contribution in [2.75, 3.05) is 32.1 Å². The Morgan fingerprint density at radius 2 is 2.00 bits per heavy atom. The van der Waals surface area contributed by atoms with Gasteiger partial charge in [-0.3, -0.25) is 4.79 Å². The summed E-state index contributed by atoms with van der Waals surface area (Å²) in [4.78, 5) is 15.4. The highest BCUT2D eigenvalue weighted by molar-refractivity contribution is 5.81. The largest absolute Gasteiger partial charge is 0.507 e. The first kappa shape index (κ1) is 12.9. The van der Waals surface area contributed by atoms with Crippen molar-refractivity contribution in [3.63, 3.8) is 0 Å². The number of piperidine rings is 1. The first-order valence-corrected chi connectivity index (χ1v) is 6.31. The van der Waals surface area contributed by atoms with E-state index in [1.54, 1.807) is 12.1 Å². The number of carbonyl (C=O) groups excluding carboxylic acids is 1. The summed E-state index contributed by atoms with van der Waals surface area (Å²) in [5.41, 5.74) is 1.38. The van der Waals surface area contributed by atoms with Crippen molar-refractivity contribution in [1.82, 2.24) is 4.90 Å². The summed E-state index contributed by atoms with van der Waals surface area (Å²) >= 11 is 0. The maximum atomic E-state index is 10.8. The van der Waals surface area contributed by atoms with Gasteiger partial charge in [-0.2, -0.15) is 0 Å². The van der Waals surface area contributed by atoms with Crippen LogP contribution in [0.2, 0.25) is 0 Å². The van der Waals surface area contributed by atoms with Crippen molar-refractivity contribution in [2.45, 2.75) is 18.9 Å². The second kappa shape index (κ2) is 5.40. The fourth-order valence-corrected chi connectivity index (χ4v) is 2.47. The molecule has 1 N–H and O–H groups in total. The van der Waals surface area contributed by atoms with E-state index in [1.165, 1.54) is 0 Å². The molecule has 0 saturated carbocycles. The summed E-state index contributed by atoms with van der Waals surface area (Å²) in [5.74, 6) is 0.0527. The van der Waals surface area contributed by atoms with Crippen molar-refractivity contribution in [3.8, 4) is 5.75 Å². The van der Waals surface area contributed by atoms with Crippen LogP contribution < -0.4 is 4.90 Å². The van der Waals surface area contributed by atoms with E-state index in [1.807, 2.05) is 6.07 Å². The van der Waals surface area contributed by atoms with E-state index in [9.17, 15) is 9.90 Å². The van der Waals surface area contributed by atoms with Crippen molar-refractivity contribution in [1.29, 1.82) is 0 Å². The van der Waals surface area contributed by atoms with Gasteiger partial charge in [0.05, 0.1) is 5.56 Å². The second-order valence-electron chi connectivity index (χ2n) is 5.04. The molecule has 4 heteroatoms. The molecule has 0 aromatic heterocycles. The maximum absolute atomic E-state index is 10.8. The zero-order valence-corrected chi connectivity index (χ0v) is 11.0.